The van der Waals surface area contributed by atoms with Gasteiger partial charge < -0.3 is 20.5 Å². The van der Waals surface area contributed by atoms with Gasteiger partial charge in [0.1, 0.15) is 0 Å². The fourth-order valence-corrected chi connectivity index (χ4v) is 3.14. The number of nitrogens with one attached hydrogen (secondary N) is 2. The highest BCUT2D eigenvalue weighted by Gasteiger charge is 2.21. The van der Waals surface area contributed by atoms with Gasteiger partial charge in [0.2, 0.25) is 0 Å². The summed E-state index contributed by atoms with van der Waals surface area (Å²) >= 11 is 0. The molecule has 27 heavy (non-hydrogen) atoms. The van der Waals surface area contributed by atoms with Gasteiger partial charge in [0.25, 0.3) is 0 Å². The first kappa shape index (κ1) is 19.6. The Labute approximate surface area is 161 Å². The first-order valence-corrected chi connectivity index (χ1v) is 9.95. The molecule has 5 heteroatoms. The van der Waals surface area contributed by atoms with Crippen LogP contribution in [0.25, 0.3) is 10.8 Å². The summed E-state index contributed by atoms with van der Waals surface area (Å²) in [4.78, 5) is 4.54. The highest BCUT2D eigenvalue weighted by molar-refractivity contribution is 5.87. The van der Waals surface area contributed by atoms with E-state index < -0.39 is 6.10 Å². The normalized spacial score (nSPS) is 16.9. The lowest BCUT2D eigenvalue weighted by atomic mass is 10.00. The maximum absolute atomic E-state index is 10.1. The number of aliphatic imine (C=N–C) groups is 1. The molecule has 2 unspecified atom stereocenters. The Kier molecular flexibility index (Phi) is 7.07. The number of ether oxygens (including phenoxy) is 1. The van der Waals surface area contributed by atoms with Crippen LogP contribution in [0.4, 0.5) is 0 Å². The molecule has 0 spiro atoms. The van der Waals surface area contributed by atoms with Gasteiger partial charge in [-0.15, -0.1) is 0 Å². The Balaban J connectivity index is 1.60. The second kappa shape index (κ2) is 9.72. The molecule has 0 amide bonds. The smallest absolute Gasteiger partial charge is 0.191 e. The predicted molar refractivity (Wildman–Crippen MR) is 111 cm³/mol. The molecule has 2 atom stereocenters. The Morgan fingerprint density at radius 2 is 2.00 bits per heavy atom. The Hall–Kier alpha value is -2.11. The summed E-state index contributed by atoms with van der Waals surface area (Å²) < 4.78 is 5.55. The molecule has 146 valence electrons. The third kappa shape index (κ3) is 5.94. The number of hydrogen-bond donors (Lipinski definition) is 3. The summed E-state index contributed by atoms with van der Waals surface area (Å²) in [5, 5.41) is 19.3. The van der Waals surface area contributed by atoms with Gasteiger partial charge in [0, 0.05) is 13.2 Å². The molecule has 0 aliphatic heterocycles. The van der Waals surface area contributed by atoms with Gasteiger partial charge in [0.05, 0.1) is 25.3 Å². The van der Waals surface area contributed by atoms with E-state index in [9.17, 15) is 5.11 Å². The number of hydrogen-bond acceptors (Lipinski definition) is 3. The molecule has 2 aromatic rings. The lowest BCUT2D eigenvalue weighted by molar-refractivity contribution is 0.0368. The average Bonchev–Trinajstić information content (AvgIpc) is 3.50. The third-order valence-electron chi connectivity index (χ3n) is 4.81. The summed E-state index contributed by atoms with van der Waals surface area (Å²) in [6.07, 6.45) is 1.94. The van der Waals surface area contributed by atoms with E-state index in [1.165, 1.54) is 29.2 Å². The summed E-state index contributed by atoms with van der Waals surface area (Å²) in [6, 6.07) is 14.8. The number of aliphatic hydroxyl groups excluding tert-OH is 1. The molecular weight excluding hydrogens is 338 g/mol. The van der Waals surface area contributed by atoms with Crippen LogP contribution in [0.1, 0.15) is 38.3 Å². The molecule has 1 saturated carbocycles. The van der Waals surface area contributed by atoms with Gasteiger partial charge in [-0.1, -0.05) is 42.5 Å². The van der Waals surface area contributed by atoms with Crippen molar-refractivity contribution >= 4 is 16.7 Å². The second-order valence-corrected chi connectivity index (χ2v) is 7.29. The summed E-state index contributed by atoms with van der Waals surface area (Å²) in [6.45, 7) is 6.36. The number of benzene rings is 2. The number of guanidine groups is 1. The van der Waals surface area contributed by atoms with Gasteiger partial charge in [0.15, 0.2) is 5.96 Å². The van der Waals surface area contributed by atoms with Crippen LogP contribution in [-0.4, -0.2) is 43.5 Å². The molecule has 3 N–H and O–H groups in total. The van der Waals surface area contributed by atoms with Crippen molar-refractivity contribution in [2.45, 2.75) is 38.8 Å². The highest BCUT2D eigenvalue weighted by atomic mass is 16.5. The molecular formula is C22H31N3O2. The van der Waals surface area contributed by atoms with Gasteiger partial charge in [-0.2, -0.15) is 0 Å². The van der Waals surface area contributed by atoms with E-state index in [2.05, 4.69) is 65.0 Å². The molecule has 0 radical (unpaired) electrons. The monoisotopic (exact) mass is 369 g/mol. The van der Waals surface area contributed by atoms with E-state index in [4.69, 9.17) is 4.74 Å². The van der Waals surface area contributed by atoms with Gasteiger partial charge in [-0.25, -0.2) is 0 Å². The lowest BCUT2D eigenvalue weighted by Gasteiger charge is -2.20. The molecule has 0 saturated heterocycles. The van der Waals surface area contributed by atoms with E-state index >= 15 is 0 Å². The zero-order valence-electron chi connectivity index (χ0n) is 16.3. The van der Waals surface area contributed by atoms with Crippen molar-refractivity contribution in [3.8, 4) is 0 Å². The molecule has 0 aromatic heterocycles. The fraction of sp³-hybridized carbons (Fsp3) is 0.500. The van der Waals surface area contributed by atoms with E-state index in [0.717, 1.165) is 13.2 Å². The minimum Gasteiger partial charge on any atom is -0.389 e. The van der Waals surface area contributed by atoms with Gasteiger partial charge in [-0.3, -0.25) is 4.99 Å². The van der Waals surface area contributed by atoms with Crippen LogP contribution >= 0.6 is 0 Å². The quantitative estimate of drug-likeness (QED) is 0.469. The standard InChI is InChI=1S/C22H31N3O2/c1-3-23-22(24-13-19(26)15-27-14-17-11-12-17)25-16(2)20-10-6-8-18-7-4-5-9-21(18)20/h4-10,16-17,19,26H,3,11-15H2,1-2H3,(H2,23,24,25). The van der Waals surface area contributed by atoms with Crippen LogP contribution in [0.5, 0.6) is 0 Å². The van der Waals surface area contributed by atoms with Crippen LogP contribution in [0.2, 0.25) is 0 Å². The molecule has 3 rings (SSSR count). The first-order chi connectivity index (χ1) is 13.2. The number of nitrogens with zero attached hydrogens (tertiary/aromatic N) is 1. The van der Waals surface area contributed by atoms with Crippen molar-refractivity contribution in [3.05, 3.63) is 48.0 Å². The molecule has 0 bridgehead atoms. The molecule has 1 fully saturated rings. The minimum atomic E-state index is -0.577. The highest BCUT2D eigenvalue weighted by Crippen LogP contribution is 2.28. The topological polar surface area (TPSA) is 65.9 Å². The second-order valence-electron chi connectivity index (χ2n) is 7.29. The van der Waals surface area contributed by atoms with Crippen molar-refractivity contribution in [1.29, 1.82) is 0 Å². The fourth-order valence-electron chi connectivity index (χ4n) is 3.14. The van der Waals surface area contributed by atoms with Crippen LogP contribution < -0.4 is 10.6 Å². The molecule has 1 aliphatic rings. The van der Waals surface area contributed by atoms with E-state index in [1.807, 2.05) is 6.92 Å². The SMILES string of the molecule is CCNC(=NCC(O)COCC1CC1)NC(C)c1cccc2ccccc12. The van der Waals surface area contributed by atoms with Crippen molar-refractivity contribution in [2.24, 2.45) is 10.9 Å². The Morgan fingerprint density at radius 3 is 2.78 bits per heavy atom. The predicted octanol–water partition coefficient (Wildman–Crippen LogP) is 3.24. The Morgan fingerprint density at radius 1 is 1.22 bits per heavy atom. The number of aliphatic hydroxyl groups is 1. The van der Waals surface area contributed by atoms with Crippen molar-refractivity contribution < 1.29 is 9.84 Å². The molecule has 0 heterocycles. The van der Waals surface area contributed by atoms with Crippen LogP contribution in [0, 0.1) is 5.92 Å². The summed E-state index contributed by atoms with van der Waals surface area (Å²) in [7, 11) is 0. The van der Waals surface area contributed by atoms with Crippen molar-refractivity contribution in [3.63, 3.8) is 0 Å². The van der Waals surface area contributed by atoms with Gasteiger partial charge in [-0.05, 0) is 48.9 Å². The minimum absolute atomic E-state index is 0.0946. The number of rotatable bonds is 9. The number of fused-ring (bicyclic) bond motifs is 1. The zero-order chi connectivity index (χ0) is 19.1. The summed E-state index contributed by atoms with van der Waals surface area (Å²) in [5.74, 6) is 1.42. The summed E-state index contributed by atoms with van der Waals surface area (Å²) in [5.41, 5.74) is 1.23. The van der Waals surface area contributed by atoms with Gasteiger partial charge >= 0.3 is 0 Å². The maximum atomic E-state index is 10.1. The third-order valence-corrected chi connectivity index (χ3v) is 4.81. The molecule has 2 aromatic carbocycles. The largest absolute Gasteiger partial charge is 0.389 e. The maximum Gasteiger partial charge on any atom is 0.191 e. The molecule has 5 nitrogen and oxygen atoms in total. The Bertz CT molecular complexity index is 753. The zero-order valence-corrected chi connectivity index (χ0v) is 16.3. The van der Waals surface area contributed by atoms with E-state index in [0.29, 0.717) is 25.0 Å². The van der Waals surface area contributed by atoms with E-state index in [-0.39, 0.29) is 6.04 Å². The van der Waals surface area contributed by atoms with Crippen molar-refractivity contribution in [1.82, 2.24) is 10.6 Å². The molecule has 1 aliphatic carbocycles. The lowest BCUT2D eigenvalue weighted by Crippen LogP contribution is -2.39. The van der Waals surface area contributed by atoms with Crippen LogP contribution in [-0.2, 0) is 4.74 Å². The first-order valence-electron chi connectivity index (χ1n) is 9.95. The van der Waals surface area contributed by atoms with E-state index in [1.54, 1.807) is 0 Å². The van der Waals surface area contributed by atoms with Crippen molar-refractivity contribution in [2.75, 3.05) is 26.3 Å². The average molecular weight is 370 g/mol. The van der Waals surface area contributed by atoms with Crippen LogP contribution in [0.3, 0.4) is 0 Å². The van der Waals surface area contributed by atoms with Crippen LogP contribution in [0.15, 0.2) is 47.5 Å².